The molecule has 5 heteroatoms. The van der Waals surface area contributed by atoms with Crippen LogP contribution in [0.2, 0.25) is 0 Å². The molecule has 0 fully saturated rings. The van der Waals surface area contributed by atoms with Gasteiger partial charge >= 0.3 is 0 Å². The van der Waals surface area contributed by atoms with Crippen LogP contribution in [-0.4, -0.2) is 22.5 Å². The molecule has 0 radical (unpaired) electrons. The SMILES string of the molecule is CC(=O)CCNc1ccc(-c2cccc(F)c2)nn1. The van der Waals surface area contributed by atoms with Gasteiger partial charge in [0.1, 0.15) is 17.4 Å². The van der Waals surface area contributed by atoms with Crippen LogP contribution in [0.4, 0.5) is 10.2 Å². The lowest BCUT2D eigenvalue weighted by molar-refractivity contribution is -0.116. The van der Waals surface area contributed by atoms with Gasteiger partial charge in [-0.3, -0.25) is 4.79 Å². The Hall–Kier alpha value is -2.30. The number of hydrogen-bond donors (Lipinski definition) is 1. The summed E-state index contributed by atoms with van der Waals surface area (Å²) in [5, 5.41) is 11.0. The van der Waals surface area contributed by atoms with Crippen molar-refractivity contribution in [2.75, 3.05) is 11.9 Å². The van der Waals surface area contributed by atoms with Gasteiger partial charge in [0.05, 0.1) is 5.69 Å². The lowest BCUT2D eigenvalue weighted by atomic mass is 10.1. The van der Waals surface area contributed by atoms with Crippen molar-refractivity contribution in [3.63, 3.8) is 0 Å². The Labute approximate surface area is 110 Å². The van der Waals surface area contributed by atoms with Crippen LogP contribution in [0.5, 0.6) is 0 Å². The Bertz CT molecular complexity index is 569. The number of hydrogen-bond acceptors (Lipinski definition) is 4. The van der Waals surface area contributed by atoms with Gasteiger partial charge in [-0.05, 0) is 31.2 Å². The van der Waals surface area contributed by atoms with Crippen LogP contribution < -0.4 is 5.32 Å². The first-order chi connectivity index (χ1) is 9.15. The summed E-state index contributed by atoms with van der Waals surface area (Å²) in [4.78, 5) is 10.8. The zero-order valence-electron chi connectivity index (χ0n) is 10.6. The van der Waals surface area contributed by atoms with Crippen molar-refractivity contribution < 1.29 is 9.18 Å². The fourth-order valence-corrected chi connectivity index (χ4v) is 1.59. The average Bonchev–Trinajstić information content (AvgIpc) is 2.39. The molecular weight excluding hydrogens is 245 g/mol. The Morgan fingerprint density at radius 2 is 2.11 bits per heavy atom. The molecule has 0 bridgehead atoms. The molecule has 2 aromatic rings. The van der Waals surface area contributed by atoms with E-state index in [2.05, 4.69) is 15.5 Å². The van der Waals surface area contributed by atoms with E-state index in [1.165, 1.54) is 12.1 Å². The molecule has 2 rings (SSSR count). The summed E-state index contributed by atoms with van der Waals surface area (Å²) in [6, 6.07) is 9.72. The van der Waals surface area contributed by atoms with Crippen LogP contribution in [-0.2, 0) is 4.79 Å². The second kappa shape index (κ2) is 6.04. The molecule has 0 aliphatic carbocycles. The van der Waals surface area contributed by atoms with Crippen molar-refractivity contribution in [1.82, 2.24) is 10.2 Å². The van der Waals surface area contributed by atoms with Crippen molar-refractivity contribution in [2.45, 2.75) is 13.3 Å². The third kappa shape index (κ3) is 3.84. The van der Waals surface area contributed by atoms with Gasteiger partial charge in [0, 0.05) is 18.5 Å². The quantitative estimate of drug-likeness (QED) is 0.897. The lowest BCUT2D eigenvalue weighted by Crippen LogP contribution is -2.07. The molecule has 0 saturated heterocycles. The van der Waals surface area contributed by atoms with E-state index in [1.807, 2.05) is 0 Å². The van der Waals surface area contributed by atoms with Crippen LogP contribution in [0.1, 0.15) is 13.3 Å². The van der Waals surface area contributed by atoms with Gasteiger partial charge in [-0.2, -0.15) is 0 Å². The monoisotopic (exact) mass is 259 g/mol. The first-order valence-corrected chi connectivity index (χ1v) is 5.98. The van der Waals surface area contributed by atoms with Crippen LogP contribution in [0, 0.1) is 5.82 Å². The summed E-state index contributed by atoms with van der Waals surface area (Å²) in [6.45, 7) is 2.07. The molecule has 0 amide bonds. The third-order valence-electron chi connectivity index (χ3n) is 2.57. The van der Waals surface area contributed by atoms with Crippen molar-refractivity contribution in [3.8, 4) is 11.3 Å². The molecule has 0 atom stereocenters. The number of anilines is 1. The number of aromatic nitrogens is 2. The molecule has 0 unspecified atom stereocenters. The Balaban J connectivity index is 2.04. The molecule has 1 aromatic carbocycles. The first kappa shape index (κ1) is 13.1. The second-order valence-electron chi connectivity index (χ2n) is 4.19. The van der Waals surface area contributed by atoms with Gasteiger partial charge in [0.15, 0.2) is 0 Å². The first-order valence-electron chi connectivity index (χ1n) is 5.98. The molecule has 4 nitrogen and oxygen atoms in total. The Kier molecular flexibility index (Phi) is 4.18. The van der Waals surface area contributed by atoms with Crippen LogP contribution in [0.3, 0.4) is 0 Å². The highest BCUT2D eigenvalue weighted by atomic mass is 19.1. The highest BCUT2D eigenvalue weighted by Gasteiger charge is 2.02. The highest BCUT2D eigenvalue weighted by Crippen LogP contribution is 2.17. The zero-order chi connectivity index (χ0) is 13.7. The minimum atomic E-state index is -0.303. The number of ketones is 1. The normalized spacial score (nSPS) is 10.2. The Morgan fingerprint density at radius 1 is 1.26 bits per heavy atom. The predicted molar refractivity (Wildman–Crippen MR) is 71.2 cm³/mol. The van der Waals surface area contributed by atoms with Gasteiger partial charge in [-0.25, -0.2) is 4.39 Å². The molecule has 1 N–H and O–H groups in total. The maximum absolute atomic E-state index is 13.1. The lowest BCUT2D eigenvalue weighted by Gasteiger charge is -2.04. The maximum Gasteiger partial charge on any atom is 0.148 e. The van der Waals surface area contributed by atoms with Crippen molar-refractivity contribution in [2.24, 2.45) is 0 Å². The fraction of sp³-hybridized carbons (Fsp3) is 0.214. The summed E-state index contributed by atoms with van der Waals surface area (Å²) in [6.07, 6.45) is 0.452. The van der Waals surface area contributed by atoms with E-state index in [0.717, 1.165) is 0 Å². The number of halogens is 1. The summed E-state index contributed by atoms with van der Waals surface area (Å²) in [7, 11) is 0. The molecule has 98 valence electrons. The van der Waals surface area contributed by atoms with Gasteiger partial charge in [0.25, 0.3) is 0 Å². The average molecular weight is 259 g/mol. The summed E-state index contributed by atoms with van der Waals surface area (Å²) in [5.41, 5.74) is 1.29. The van der Waals surface area contributed by atoms with E-state index in [-0.39, 0.29) is 11.6 Å². The predicted octanol–water partition coefficient (Wildman–Crippen LogP) is 2.67. The van der Waals surface area contributed by atoms with E-state index in [9.17, 15) is 9.18 Å². The molecule has 0 aliphatic heterocycles. The number of nitrogens with one attached hydrogen (secondary N) is 1. The molecule has 19 heavy (non-hydrogen) atoms. The molecule has 0 aliphatic rings. The minimum Gasteiger partial charge on any atom is -0.368 e. The number of benzene rings is 1. The largest absolute Gasteiger partial charge is 0.368 e. The molecule has 0 saturated carbocycles. The number of rotatable bonds is 5. The fourth-order valence-electron chi connectivity index (χ4n) is 1.59. The Morgan fingerprint density at radius 3 is 2.74 bits per heavy atom. The van der Waals surface area contributed by atoms with Crippen LogP contribution >= 0.6 is 0 Å². The van der Waals surface area contributed by atoms with Crippen LogP contribution in [0.15, 0.2) is 36.4 Å². The highest BCUT2D eigenvalue weighted by molar-refractivity contribution is 5.75. The number of carbonyl (C=O) groups is 1. The standard InChI is InChI=1S/C14H14FN3O/c1-10(19)7-8-16-14-6-5-13(17-18-14)11-3-2-4-12(15)9-11/h2-6,9H,7-8H2,1H3,(H,16,18). The van der Waals surface area contributed by atoms with Gasteiger partial charge < -0.3 is 5.32 Å². The van der Waals surface area contributed by atoms with E-state index < -0.39 is 0 Å². The molecule has 1 aromatic heterocycles. The van der Waals surface area contributed by atoms with Crippen molar-refractivity contribution >= 4 is 11.6 Å². The third-order valence-corrected chi connectivity index (χ3v) is 2.57. The number of carbonyl (C=O) groups excluding carboxylic acids is 1. The van der Waals surface area contributed by atoms with Crippen molar-refractivity contribution in [3.05, 3.63) is 42.2 Å². The van der Waals surface area contributed by atoms with E-state index in [4.69, 9.17) is 0 Å². The smallest absolute Gasteiger partial charge is 0.148 e. The van der Waals surface area contributed by atoms with Gasteiger partial charge in [-0.1, -0.05) is 12.1 Å². The maximum atomic E-state index is 13.1. The minimum absolute atomic E-state index is 0.122. The second-order valence-corrected chi connectivity index (χ2v) is 4.19. The topological polar surface area (TPSA) is 54.9 Å². The summed E-state index contributed by atoms with van der Waals surface area (Å²) < 4.78 is 13.1. The van der Waals surface area contributed by atoms with Crippen LogP contribution in [0.25, 0.3) is 11.3 Å². The van der Waals surface area contributed by atoms with E-state index >= 15 is 0 Å². The summed E-state index contributed by atoms with van der Waals surface area (Å²) in [5.74, 6) is 0.418. The molecule has 0 spiro atoms. The van der Waals surface area contributed by atoms with Gasteiger partial charge in [-0.15, -0.1) is 10.2 Å². The molecule has 1 heterocycles. The zero-order valence-corrected chi connectivity index (χ0v) is 10.6. The number of Topliss-reactive ketones (excluding diaryl/α,β-unsaturated/α-hetero) is 1. The summed E-state index contributed by atoms with van der Waals surface area (Å²) >= 11 is 0. The number of nitrogens with zero attached hydrogens (tertiary/aromatic N) is 2. The van der Waals surface area contributed by atoms with Gasteiger partial charge in [0.2, 0.25) is 0 Å². The molecular formula is C14H14FN3O. The van der Waals surface area contributed by atoms with E-state index in [1.54, 1.807) is 31.2 Å². The van der Waals surface area contributed by atoms with E-state index in [0.29, 0.717) is 30.0 Å². The van der Waals surface area contributed by atoms with Crippen molar-refractivity contribution in [1.29, 1.82) is 0 Å².